The Kier molecular flexibility index (Phi) is 11.7. The lowest BCUT2D eigenvalue weighted by Crippen LogP contribution is -2.30. The Bertz CT molecular complexity index is 3280. The Morgan fingerprint density at radius 1 is 0.443 bits per heavy atom. The predicted octanol–water partition coefficient (Wildman–Crippen LogP) is 12.5. The average molecular weight is 923 g/mol. The van der Waals surface area contributed by atoms with Crippen LogP contribution in [0.15, 0.2) is 170 Å². The zero-order valence-electron chi connectivity index (χ0n) is 41.6. The van der Waals surface area contributed by atoms with Crippen LogP contribution >= 0.6 is 0 Å². The molecule has 0 bridgehead atoms. The van der Waals surface area contributed by atoms with Crippen molar-refractivity contribution >= 4 is 33.4 Å². The molecule has 0 saturated heterocycles. The lowest BCUT2D eigenvalue weighted by Gasteiger charge is -2.22. The van der Waals surface area contributed by atoms with Crippen LogP contribution in [0.3, 0.4) is 0 Å². The van der Waals surface area contributed by atoms with E-state index in [4.69, 9.17) is 19.4 Å². The number of nitrogens with zero attached hydrogens (tertiary/aromatic N) is 8. The number of hydrogen-bond acceptors (Lipinski definition) is 6. The monoisotopic (exact) mass is 922 g/mol. The van der Waals surface area contributed by atoms with E-state index in [1.807, 2.05) is 24.3 Å². The van der Waals surface area contributed by atoms with Gasteiger partial charge in [0.15, 0.2) is 0 Å². The number of ether oxygens (including phenoxy) is 2. The Labute approximate surface area is 410 Å². The van der Waals surface area contributed by atoms with Gasteiger partial charge in [-0.2, -0.15) is 0 Å². The number of fused-ring (bicyclic) bond motifs is 2. The molecule has 0 radical (unpaired) electrons. The first-order valence-electron chi connectivity index (χ1n) is 23.6. The van der Waals surface area contributed by atoms with Crippen molar-refractivity contribution in [3.05, 3.63) is 194 Å². The van der Waals surface area contributed by atoms with Gasteiger partial charge in [-0.15, -0.1) is 0 Å². The molecule has 10 aromatic rings. The molecule has 10 heteroatoms. The second kappa shape index (κ2) is 18.0. The number of hydrogen-bond donors (Lipinski definition) is 0. The van der Waals surface area contributed by atoms with Gasteiger partial charge in [-0.05, 0) is 119 Å². The minimum atomic E-state index is -0.162. The Morgan fingerprint density at radius 3 is 1.20 bits per heavy atom. The van der Waals surface area contributed by atoms with Crippen molar-refractivity contribution < 1.29 is 18.6 Å². The summed E-state index contributed by atoms with van der Waals surface area (Å²) in [4.78, 5) is 13.7. The van der Waals surface area contributed by atoms with Crippen LogP contribution in [-0.4, -0.2) is 47.3 Å². The van der Waals surface area contributed by atoms with Crippen LogP contribution in [0.2, 0.25) is 0 Å². The van der Waals surface area contributed by atoms with E-state index in [-0.39, 0.29) is 10.8 Å². The lowest BCUT2D eigenvalue weighted by atomic mass is 9.86. The number of pyridine rings is 2. The van der Waals surface area contributed by atoms with E-state index in [1.54, 1.807) is 12.4 Å². The lowest BCUT2D eigenvalue weighted by molar-refractivity contribution is -0.572. The largest absolute Gasteiger partial charge is 0.458 e. The quantitative estimate of drug-likeness (QED) is 0.0951. The molecule has 0 fully saturated rings. The van der Waals surface area contributed by atoms with Crippen LogP contribution in [0.25, 0.3) is 56.2 Å². The molecule has 0 aliphatic heterocycles. The third-order valence-corrected chi connectivity index (χ3v) is 12.6. The molecule has 10 rings (SSSR count). The normalized spacial score (nSPS) is 11.9. The van der Waals surface area contributed by atoms with Gasteiger partial charge in [0.2, 0.25) is 0 Å². The molecule has 0 amide bonds. The highest BCUT2D eigenvalue weighted by Gasteiger charge is 2.22. The summed E-state index contributed by atoms with van der Waals surface area (Å²) < 4.78 is 21.9. The predicted molar refractivity (Wildman–Crippen MR) is 281 cm³/mol. The summed E-state index contributed by atoms with van der Waals surface area (Å²) in [7, 11) is 8.20. The third-order valence-electron chi connectivity index (χ3n) is 12.6. The number of anilines is 2. The first-order chi connectivity index (χ1) is 33.6. The molecule has 0 atom stereocenters. The molecule has 70 heavy (non-hydrogen) atoms. The fourth-order valence-electron chi connectivity index (χ4n) is 8.60. The summed E-state index contributed by atoms with van der Waals surface area (Å²) in [6, 6.07) is 54.2. The number of para-hydroxylation sites is 4. The molecule has 0 unspecified atom stereocenters. The molecular formula is C60H58N8O2. The Hall–Kier alpha value is -8.24. The molecule has 6 aromatic carbocycles. The molecule has 0 N–H and O–H groups in total. The molecule has 0 spiro atoms. The highest BCUT2D eigenvalue weighted by molar-refractivity contribution is 5.76. The number of aromatic nitrogens is 6. The van der Waals surface area contributed by atoms with E-state index in [1.165, 1.54) is 0 Å². The maximum absolute atomic E-state index is 6.73. The first-order valence-corrected chi connectivity index (χ1v) is 23.6. The second-order valence-corrected chi connectivity index (χ2v) is 20.2. The Morgan fingerprint density at radius 2 is 0.829 bits per heavy atom. The molecule has 0 aliphatic rings. The van der Waals surface area contributed by atoms with Gasteiger partial charge in [-0.1, -0.05) is 90.1 Å². The number of benzene rings is 6. The number of imidazole rings is 2. The van der Waals surface area contributed by atoms with Crippen molar-refractivity contribution in [3.63, 3.8) is 0 Å². The Balaban J connectivity index is 0.958. The van der Waals surface area contributed by atoms with Crippen LogP contribution in [0.4, 0.5) is 11.4 Å². The van der Waals surface area contributed by atoms with E-state index < -0.39 is 0 Å². The zero-order chi connectivity index (χ0) is 48.9. The van der Waals surface area contributed by atoms with Crippen LogP contribution in [-0.2, 0) is 10.8 Å². The van der Waals surface area contributed by atoms with Crippen LogP contribution < -0.4 is 28.4 Å². The van der Waals surface area contributed by atoms with E-state index in [0.717, 1.165) is 67.3 Å². The van der Waals surface area contributed by atoms with Crippen molar-refractivity contribution in [1.29, 1.82) is 0 Å². The SMILES string of the molecule is CN(C)c1ccc(-n2[c-][n+](-c3cc(Oc4ccnc(-c5cc(Oc6cc(-[n+]7[c-]n(-c8ccc(N(C)C)cc8)c8ccccc87)cc(C(C)(C)C)c6)ccn5)c4)cc(C(C)(C)C)c3)c3ccccc32)cc1. The van der Waals surface area contributed by atoms with Crippen LogP contribution in [0.1, 0.15) is 52.7 Å². The van der Waals surface area contributed by atoms with Crippen molar-refractivity contribution in [2.24, 2.45) is 0 Å². The third kappa shape index (κ3) is 9.20. The van der Waals surface area contributed by atoms with Crippen LogP contribution in [0.5, 0.6) is 23.0 Å². The van der Waals surface area contributed by atoms with Gasteiger partial charge in [-0.25, -0.2) is 0 Å². The number of rotatable bonds is 11. The van der Waals surface area contributed by atoms with Gasteiger partial charge in [0.25, 0.3) is 12.7 Å². The van der Waals surface area contributed by atoms with E-state index >= 15 is 0 Å². The minimum Gasteiger partial charge on any atom is -0.458 e. The van der Waals surface area contributed by atoms with E-state index in [0.29, 0.717) is 34.4 Å². The van der Waals surface area contributed by atoms with Crippen LogP contribution in [0, 0.1) is 12.7 Å². The molecule has 350 valence electrons. The summed E-state index contributed by atoms with van der Waals surface area (Å²) >= 11 is 0. The van der Waals surface area contributed by atoms with Gasteiger partial charge in [-0.3, -0.25) is 28.2 Å². The summed E-state index contributed by atoms with van der Waals surface area (Å²) in [6.07, 6.45) is 10.8. The fraction of sp³-hybridized carbons (Fsp3) is 0.200. The van der Waals surface area contributed by atoms with Crippen molar-refractivity contribution in [3.8, 4) is 57.1 Å². The highest BCUT2D eigenvalue weighted by Crippen LogP contribution is 2.35. The van der Waals surface area contributed by atoms with Gasteiger partial charge in [0.1, 0.15) is 23.0 Å². The summed E-state index contributed by atoms with van der Waals surface area (Å²) in [6.45, 7) is 13.3. The minimum absolute atomic E-state index is 0.162. The zero-order valence-corrected chi connectivity index (χ0v) is 41.6. The summed E-state index contributed by atoms with van der Waals surface area (Å²) in [5.41, 5.74) is 13.6. The molecule has 4 heterocycles. The first kappa shape index (κ1) is 45.5. The average Bonchev–Trinajstić information content (AvgIpc) is 3.93. The van der Waals surface area contributed by atoms with Gasteiger partial charge < -0.3 is 19.3 Å². The molecular weight excluding hydrogens is 865 g/mol. The van der Waals surface area contributed by atoms with E-state index in [9.17, 15) is 0 Å². The van der Waals surface area contributed by atoms with Gasteiger partial charge >= 0.3 is 0 Å². The topological polar surface area (TPSA) is 68.3 Å². The highest BCUT2D eigenvalue weighted by atomic mass is 16.5. The standard InChI is InChI=1S/C60H58N8O2/c1-59(2,3)41-31-47(67-39-65(55-15-11-13-17-57(55)67)45-23-19-43(20-24-45)63(7)8)35-51(33-41)69-49-27-29-61-53(37-49)54-38-50(28-30-62-54)70-52-34-42(60(4,5)6)32-48(36-52)68-40-66(56-16-12-14-18-58(56)68)46-25-21-44(22-26-46)64(9)10/h11-38H,1-10H3. The maximum Gasteiger partial charge on any atom is 0.269 e. The van der Waals surface area contributed by atoms with Gasteiger partial charge in [0.05, 0.1) is 56.2 Å². The van der Waals surface area contributed by atoms with Crippen molar-refractivity contribution in [1.82, 2.24) is 19.1 Å². The molecule has 0 saturated carbocycles. The molecule has 10 nitrogen and oxygen atoms in total. The van der Waals surface area contributed by atoms with E-state index in [2.05, 4.69) is 244 Å². The van der Waals surface area contributed by atoms with Gasteiger partial charge in [0, 0.05) is 64.1 Å². The van der Waals surface area contributed by atoms with Crippen molar-refractivity contribution in [2.75, 3.05) is 38.0 Å². The smallest absolute Gasteiger partial charge is 0.269 e. The van der Waals surface area contributed by atoms with Crippen molar-refractivity contribution in [2.45, 2.75) is 52.4 Å². The molecule has 0 aliphatic carbocycles. The fourth-order valence-corrected chi connectivity index (χ4v) is 8.60. The molecule has 4 aromatic heterocycles. The second-order valence-electron chi connectivity index (χ2n) is 20.2. The maximum atomic E-state index is 6.73. The summed E-state index contributed by atoms with van der Waals surface area (Å²) in [5, 5.41) is 0. The summed E-state index contributed by atoms with van der Waals surface area (Å²) in [5.74, 6) is 2.67.